The second kappa shape index (κ2) is 9.20. The lowest BCUT2D eigenvalue weighted by Gasteiger charge is -2.25. The molecule has 0 saturated carbocycles. The van der Waals surface area contributed by atoms with Crippen LogP contribution in [0.2, 0.25) is 0 Å². The van der Waals surface area contributed by atoms with Gasteiger partial charge in [0, 0.05) is 6.54 Å². The molecule has 3 aromatic carbocycles. The van der Waals surface area contributed by atoms with Crippen LogP contribution in [0.25, 0.3) is 0 Å². The Bertz CT molecular complexity index is 1170. The van der Waals surface area contributed by atoms with Gasteiger partial charge in [0.05, 0.1) is 23.9 Å². The Morgan fingerprint density at radius 1 is 0.848 bits per heavy atom. The van der Waals surface area contributed by atoms with Gasteiger partial charge >= 0.3 is 6.03 Å². The molecular weight excluding hydrogens is 414 g/mol. The molecule has 2 aliphatic heterocycles. The number of carbonyl (C=O) groups excluding carboxylic acids is 2. The molecule has 6 nitrogen and oxygen atoms in total. The maximum Gasteiger partial charge on any atom is 0.319 e. The Balaban J connectivity index is 1.28. The summed E-state index contributed by atoms with van der Waals surface area (Å²) >= 11 is 0. The third kappa shape index (κ3) is 4.60. The van der Waals surface area contributed by atoms with E-state index in [1.54, 1.807) is 4.90 Å². The van der Waals surface area contributed by atoms with E-state index in [-0.39, 0.29) is 11.9 Å². The summed E-state index contributed by atoms with van der Waals surface area (Å²) in [6, 6.07) is 26.8. The molecule has 1 atom stereocenters. The molecule has 0 saturated heterocycles. The SMILES string of the molecule is O=C1NC2=C(C(=O)N(CCc3ccccc3)C2)C(c2ccc(OCc3ccccc3)cc2)N1. The van der Waals surface area contributed by atoms with Crippen molar-refractivity contribution in [2.75, 3.05) is 13.1 Å². The smallest absolute Gasteiger partial charge is 0.319 e. The van der Waals surface area contributed by atoms with E-state index in [1.165, 1.54) is 5.56 Å². The normalized spacial score (nSPS) is 17.5. The molecule has 3 aromatic rings. The summed E-state index contributed by atoms with van der Waals surface area (Å²) < 4.78 is 5.87. The number of rotatable bonds is 7. The van der Waals surface area contributed by atoms with Crippen molar-refractivity contribution >= 4 is 11.9 Å². The monoisotopic (exact) mass is 439 g/mol. The number of nitrogens with zero attached hydrogens (tertiary/aromatic N) is 1. The molecule has 2 heterocycles. The first kappa shape index (κ1) is 20.8. The minimum atomic E-state index is -0.480. The first-order chi connectivity index (χ1) is 16.2. The van der Waals surface area contributed by atoms with Gasteiger partial charge in [0.1, 0.15) is 12.4 Å². The van der Waals surface area contributed by atoms with Gasteiger partial charge in [-0.1, -0.05) is 72.8 Å². The van der Waals surface area contributed by atoms with Crippen LogP contribution in [-0.4, -0.2) is 29.9 Å². The second-order valence-electron chi connectivity index (χ2n) is 8.23. The molecule has 2 aliphatic rings. The van der Waals surface area contributed by atoms with Crippen LogP contribution in [0.3, 0.4) is 0 Å². The van der Waals surface area contributed by atoms with Crippen LogP contribution in [0.1, 0.15) is 22.7 Å². The van der Waals surface area contributed by atoms with Crippen molar-refractivity contribution in [2.24, 2.45) is 0 Å². The Morgan fingerprint density at radius 2 is 1.52 bits per heavy atom. The average molecular weight is 440 g/mol. The van der Waals surface area contributed by atoms with Gasteiger partial charge in [-0.15, -0.1) is 0 Å². The highest BCUT2D eigenvalue weighted by molar-refractivity contribution is 6.01. The van der Waals surface area contributed by atoms with Gasteiger partial charge in [-0.05, 0) is 35.2 Å². The number of urea groups is 1. The lowest BCUT2D eigenvalue weighted by atomic mass is 9.96. The molecule has 1 unspecified atom stereocenters. The topological polar surface area (TPSA) is 70.7 Å². The maximum atomic E-state index is 13.2. The standard InChI is InChI=1S/C27H25N3O3/c31-26-24-23(17-30(26)16-15-19-7-3-1-4-8-19)28-27(32)29-25(24)21-11-13-22(14-12-21)33-18-20-9-5-2-6-10-20/h1-14,25H,15-18H2,(H2,28,29,32). The Hall–Kier alpha value is -4.06. The molecule has 6 heteroatoms. The summed E-state index contributed by atoms with van der Waals surface area (Å²) in [5.41, 5.74) is 4.42. The Labute approximate surface area is 192 Å². The van der Waals surface area contributed by atoms with E-state index in [1.807, 2.05) is 72.8 Å². The van der Waals surface area contributed by atoms with Crippen LogP contribution in [-0.2, 0) is 17.8 Å². The highest BCUT2D eigenvalue weighted by Crippen LogP contribution is 2.33. The van der Waals surface area contributed by atoms with E-state index in [2.05, 4.69) is 22.8 Å². The van der Waals surface area contributed by atoms with Crippen molar-refractivity contribution in [3.63, 3.8) is 0 Å². The zero-order chi connectivity index (χ0) is 22.6. The lowest BCUT2D eigenvalue weighted by molar-refractivity contribution is -0.125. The lowest BCUT2D eigenvalue weighted by Crippen LogP contribution is -2.44. The fourth-order valence-corrected chi connectivity index (χ4v) is 4.26. The minimum absolute atomic E-state index is 0.0390. The quantitative estimate of drug-likeness (QED) is 0.586. The third-order valence-electron chi connectivity index (χ3n) is 6.00. The van der Waals surface area contributed by atoms with Gasteiger partial charge in [-0.3, -0.25) is 4.79 Å². The largest absolute Gasteiger partial charge is 0.489 e. The van der Waals surface area contributed by atoms with E-state index in [0.29, 0.717) is 31.0 Å². The number of amides is 3. The molecule has 5 rings (SSSR count). The summed E-state index contributed by atoms with van der Waals surface area (Å²) in [7, 11) is 0. The summed E-state index contributed by atoms with van der Waals surface area (Å²) in [6.07, 6.45) is 0.770. The number of carbonyl (C=O) groups is 2. The van der Waals surface area contributed by atoms with Gasteiger partial charge < -0.3 is 20.3 Å². The predicted molar refractivity (Wildman–Crippen MR) is 125 cm³/mol. The molecule has 3 amide bonds. The van der Waals surface area contributed by atoms with Crippen molar-refractivity contribution in [1.82, 2.24) is 15.5 Å². The van der Waals surface area contributed by atoms with Crippen LogP contribution >= 0.6 is 0 Å². The van der Waals surface area contributed by atoms with Gasteiger partial charge in [0.15, 0.2) is 0 Å². The van der Waals surface area contributed by atoms with Crippen LogP contribution < -0.4 is 15.4 Å². The van der Waals surface area contributed by atoms with Gasteiger partial charge in [-0.25, -0.2) is 4.79 Å². The van der Waals surface area contributed by atoms with E-state index < -0.39 is 6.04 Å². The van der Waals surface area contributed by atoms with Gasteiger partial charge in [0.25, 0.3) is 5.91 Å². The molecule has 33 heavy (non-hydrogen) atoms. The van der Waals surface area contributed by atoms with E-state index in [9.17, 15) is 9.59 Å². The summed E-state index contributed by atoms with van der Waals surface area (Å²) in [4.78, 5) is 27.3. The molecule has 166 valence electrons. The van der Waals surface area contributed by atoms with Crippen molar-refractivity contribution in [3.8, 4) is 5.75 Å². The molecule has 0 spiro atoms. The van der Waals surface area contributed by atoms with Crippen LogP contribution in [0.5, 0.6) is 5.75 Å². The average Bonchev–Trinajstić information content (AvgIpc) is 3.17. The first-order valence-corrected chi connectivity index (χ1v) is 11.1. The fraction of sp³-hybridized carbons (Fsp3) is 0.185. The summed E-state index contributed by atoms with van der Waals surface area (Å²) in [5.74, 6) is 0.696. The van der Waals surface area contributed by atoms with Crippen molar-refractivity contribution in [1.29, 1.82) is 0 Å². The number of hydrogen-bond acceptors (Lipinski definition) is 3. The van der Waals surface area contributed by atoms with Crippen molar-refractivity contribution in [3.05, 3.63) is 113 Å². The Kier molecular flexibility index (Phi) is 5.81. The van der Waals surface area contributed by atoms with Gasteiger partial charge in [0.2, 0.25) is 0 Å². The van der Waals surface area contributed by atoms with Crippen LogP contribution in [0.4, 0.5) is 4.79 Å². The van der Waals surface area contributed by atoms with E-state index >= 15 is 0 Å². The third-order valence-corrected chi connectivity index (χ3v) is 6.00. The Morgan fingerprint density at radius 3 is 2.21 bits per heavy atom. The van der Waals surface area contributed by atoms with Crippen LogP contribution in [0, 0.1) is 0 Å². The number of nitrogens with one attached hydrogen (secondary N) is 2. The van der Waals surface area contributed by atoms with Gasteiger partial charge in [-0.2, -0.15) is 0 Å². The predicted octanol–water partition coefficient (Wildman–Crippen LogP) is 3.96. The molecule has 0 radical (unpaired) electrons. The highest BCUT2D eigenvalue weighted by atomic mass is 16.5. The molecule has 0 aliphatic carbocycles. The molecule has 0 bridgehead atoms. The van der Waals surface area contributed by atoms with E-state index in [0.717, 1.165) is 23.3 Å². The van der Waals surface area contributed by atoms with Crippen molar-refractivity contribution < 1.29 is 14.3 Å². The molecule has 0 fully saturated rings. The number of ether oxygens (including phenoxy) is 1. The summed E-state index contributed by atoms with van der Waals surface area (Å²) in [6.45, 7) is 1.50. The summed E-state index contributed by atoms with van der Waals surface area (Å²) in [5, 5.41) is 5.74. The molecular formula is C27H25N3O3. The van der Waals surface area contributed by atoms with Crippen molar-refractivity contribution in [2.45, 2.75) is 19.1 Å². The molecule has 0 aromatic heterocycles. The minimum Gasteiger partial charge on any atom is -0.489 e. The first-order valence-electron chi connectivity index (χ1n) is 11.1. The zero-order valence-electron chi connectivity index (χ0n) is 18.2. The zero-order valence-corrected chi connectivity index (χ0v) is 18.2. The van der Waals surface area contributed by atoms with E-state index in [4.69, 9.17) is 4.74 Å². The fourth-order valence-electron chi connectivity index (χ4n) is 4.26. The number of benzene rings is 3. The van der Waals surface area contributed by atoms with Crippen LogP contribution in [0.15, 0.2) is 96.2 Å². The maximum absolute atomic E-state index is 13.2. The highest BCUT2D eigenvalue weighted by Gasteiger charge is 2.40. The second-order valence-corrected chi connectivity index (χ2v) is 8.23. The number of hydrogen-bond donors (Lipinski definition) is 2. The molecule has 2 N–H and O–H groups in total.